The maximum atomic E-state index is 13.4. The number of alkyl halides is 1. The molecular formula is C11H10F3NO. The van der Waals surface area contributed by atoms with Crippen molar-refractivity contribution in [1.29, 1.82) is 5.41 Å². The third-order valence-electron chi connectivity index (χ3n) is 2.03. The first-order valence-electron chi connectivity index (χ1n) is 4.60. The van der Waals surface area contributed by atoms with Crippen LogP contribution in [-0.4, -0.2) is 17.7 Å². The summed E-state index contributed by atoms with van der Waals surface area (Å²) >= 11 is 0. The van der Waals surface area contributed by atoms with Gasteiger partial charge >= 0.3 is 0 Å². The SMILES string of the molecule is CC(=O)C(=N)C1=CC(F)CC=C(F)C=C1F. The quantitative estimate of drug-likeness (QED) is 0.726. The Bertz CT molecular complexity index is 421. The lowest BCUT2D eigenvalue weighted by molar-refractivity contribution is -0.111. The molecule has 0 spiro atoms. The van der Waals surface area contributed by atoms with E-state index in [1.807, 2.05) is 0 Å². The molecule has 16 heavy (non-hydrogen) atoms. The first-order valence-corrected chi connectivity index (χ1v) is 4.60. The highest BCUT2D eigenvalue weighted by molar-refractivity contribution is 6.45. The van der Waals surface area contributed by atoms with Gasteiger partial charge in [-0.05, 0) is 12.2 Å². The first kappa shape index (κ1) is 12.4. The number of halogens is 3. The van der Waals surface area contributed by atoms with Crippen LogP contribution in [0.5, 0.6) is 0 Å². The van der Waals surface area contributed by atoms with Gasteiger partial charge in [0.15, 0.2) is 5.78 Å². The zero-order valence-electron chi connectivity index (χ0n) is 8.56. The van der Waals surface area contributed by atoms with Crippen LogP contribution in [0.4, 0.5) is 13.2 Å². The first-order chi connectivity index (χ1) is 7.41. The number of carbonyl (C=O) groups excluding carboxylic acids is 1. The molecule has 0 bridgehead atoms. The lowest BCUT2D eigenvalue weighted by atomic mass is 10.0. The third-order valence-corrected chi connectivity index (χ3v) is 2.03. The molecule has 2 nitrogen and oxygen atoms in total. The van der Waals surface area contributed by atoms with Gasteiger partial charge in [-0.15, -0.1) is 0 Å². The Morgan fingerprint density at radius 1 is 1.50 bits per heavy atom. The summed E-state index contributed by atoms with van der Waals surface area (Å²) < 4.78 is 39.4. The predicted molar refractivity (Wildman–Crippen MR) is 54.4 cm³/mol. The van der Waals surface area contributed by atoms with E-state index in [9.17, 15) is 18.0 Å². The number of hydrogen-bond donors (Lipinski definition) is 1. The molecule has 0 aromatic carbocycles. The van der Waals surface area contributed by atoms with Gasteiger partial charge in [0.1, 0.15) is 23.5 Å². The van der Waals surface area contributed by atoms with E-state index in [-0.39, 0.29) is 6.42 Å². The van der Waals surface area contributed by atoms with Crippen molar-refractivity contribution in [3.8, 4) is 0 Å². The molecule has 0 aromatic heterocycles. The van der Waals surface area contributed by atoms with E-state index in [0.717, 1.165) is 19.1 Å². The van der Waals surface area contributed by atoms with Crippen LogP contribution in [0.1, 0.15) is 13.3 Å². The van der Waals surface area contributed by atoms with Crippen LogP contribution < -0.4 is 0 Å². The van der Waals surface area contributed by atoms with Crippen LogP contribution in [0.15, 0.2) is 35.5 Å². The standard InChI is InChI=1S/C11H10F3NO/c1-6(16)11(15)9-4-7(12)2-3-8(13)5-10(9)14/h3-5,7,15H,2H2,1H3. The minimum Gasteiger partial charge on any atom is -0.297 e. The van der Waals surface area contributed by atoms with Gasteiger partial charge in [0.05, 0.1) is 0 Å². The van der Waals surface area contributed by atoms with Crippen molar-refractivity contribution in [2.75, 3.05) is 0 Å². The molecule has 86 valence electrons. The van der Waals surface area contributed by atoms with E-state index in [0.29, 0.717) is 6.08 Å². The molecule has 5 heteroatoms. The number of allylic oxidation sites excluding steroid dienone is 6. The van der Waals surface area contributed by atoms with Crippen molar-refractivity contribution in [2.24, 2.45) is 0 Å². The van der Waals surface area contributed by atoms with Crippen molar-refractivity contribution < 1.29 is 18.0 Å². The molecule has 0 saturated carbocycles. The molecule has 1 N–H and O–H groups in total. The minimum absolute atomic E-state index is 0.246. The lowest BCUT2D eigenvalue weighted by Crippen LogP contribution is -2.14. The van der Waals surface area contributed by atoms with E-state index in [1.165, 1.54) is 0 Å². The Labute approximate surface area is 90.7 Å². The fourth-order valence-electron chi connectivity index (χ4n) is 1.20. The van der Waals surface area contributed by atoms with Crippen LogP contribution in [0, 0.1) is 5.41 Å². The average molecular weight is 229 g/mol. The maximum absolute atomic E-state index is 13.4. The molecule has 0 amide bonds. The monoisotopic (exact) mass is 229 g/mol. The van der Waals surface area contributed by atoms with Gasteiger partial charge in [-0.1, -0.05) is 0 Å². The molecule has 0 saturated heterocycles. The summed E-state index contributed by atoms with van der Waals surface area (Å²) in [7, 11) is 0. The number of hydrogen-bond acceptors (Lipinski definition) is 2. The van der Waals surface area contributed by atoms with Gasteiger partial charge in [-0.2, -0.15) is 0 Å². The summed E-state index contributed by atoms with van der Waals surface area (Å²) in [5.41, 5.74) is -1.16. The van der Waals surface area contributed by atoms with Gasteiger partial charge in [-0.25, -0.2) is 13.2 Å². The second kappa shape index (κ2) is 4.92. The van der Waals surface area contributed by atoms with Gasteiger partial charge in [-0.3, -0.25) is 10.2 Å². The Kier molecular flexibility index (Phi) is 3.82. The van der Waals surface area contributed by atoms with Crippen molar-refractivity contribution in [3.05, 3.63) is 35.5 Å². The van der Waals surface area contributed by atoms with E-state index in [1.54, 1.807) is 0 Å². The molecule has 0 fully saturated rings. The Morgan fingerprint density at radius 2 is 2.12 bits per heavy atom. The summed E-state index contributed by atoms with van der Waals surface area (Å²) in [6.45, 7) is 1.06. The van der Waals surface area contributed by atoms with E-state index >= 15 is 0 Å². The highest BCUT2D eigenvalue weighted by atomic mass is 19.1. The highest BCUT2D eigenvalue weighted by Gasteiger charge is 2.19. The molecule has 1 unspecified atom stereocenters. The van der Waals surface area contributed by atoms with E-state index in [2.05, 4.69) is 0 Å². The Morgan fingerprint density at radius 3 is 2.69 bits per heavy atom. The zero-order chi connectivity index (χ0) is 12.3. The topological polar surface area (TPSA) is 40.9 Å². The Hall–Kier alpha value is -1.65. The van der Waals surface area contributed by atoms with Gasteiger partial charge in [0.2, 0.25) is 0 Å². The largest absolute Gasteiger partial charge is 0.297 e. The van der Waals surface area contributed by atoms with E-state index < -0.39 is 34.9 Å². The highest BCUT2D eigenvalue weighted by Crippen LogP contribution is 2.22. The fraction of sp³-hybridized carbons (Fsp3) is 0.273. The number of ketones is 1. The lowest BCUT2D eigenvalue weighted by Gasteiger charge is -2.09. The number of nitrogens with one attached hydrogen (secondary N) is 1. The second-order valence-corrected chi connectivity index (χ2v) is 3.34. The number of Topliss-reactive ketones (excluding diaryl/α,β-unsaturated/α-hetero) is 1. The number of carbonyl (C=O) groups is 1. The Balaban J connectivity index is 3.18. The van der Waals surface area contributed by atoms with Crippen LogP contribution in [0.3, 0.4) is 0 Å². The van der Waals surface area contributed by atoms with Crippen molar-refractivity contribution in [1.82, 2.24) is 0 Å². The van der Waals surface area contributed by atoms with Crippen molar-refractivity contribution in [3.63, 3.8) is 0 Å². The van der Waals surface area contributed by atoms with Crippen LogP contribution >= 0.6 is 0 Å². The summed E-state index contributed by atoms with van der Waals surface area (Å²) in [6.07, 6.45) is 0.410. The number of rotatable bonds is 2. The smallest absolute Gasteiger partial charge is 0.178 e. The van der Waals surface area contributed by atoms with Gasteiger partial charge in [0.25, 0.3) is 0 Å². The van der Waals surface area contributed by atoms with Gasteiger partial charge in [0, 0.05) is 25.0 Å². The average Bonchev–Trinajstić information content (AvgIpc) is 2.20. The van der Waals surface area contributed by atoms with E-state index in [4.69, 9.17) is 5.41 Å². The van der Waals surface area contributed by atoms with Crippen LogP contribution in [-0.2, 0) is 4.79 Å². The van der Waals surface area contributed by atoms with Crippen LogP contribution in [0.25, 0.3) is 0 Å². The van der Waals surface area contributed by atoms with Crippen molar-refractivity contribution >= 4 is 11.5 Å². The van der Waals surface area contributed by atoms with Gasteiger partial charge < -0.3 is 0 Å². The summed E-state index contributed by atoms with van der Waals surface area (Å²) in [5.74, 6) is -2.73. The normalized spacial score (nSPS) is 21.2. The summed E-state index contributed by atoms with van der Waals surface area (Å²) in [4.78, 5) is 10.9. The summed E-state index contributed by atoms with van der Waals surface area (Å²) in [5, 5.41) is 7.29. The molecule has 1 atom stereocenters. The predicted octanol–water partition coefficient (Wildman–Crippen LogP) is 2.97. The third kappa shape index (κ3) is 2.92. The van der Waals surface area contributed by atoms with Crippen molar-refractivity contribution in [2.45, 2.75) is 19.5 Å². The summed E-state index contributed by atoms with van der Waals surface area (Å²) in [6, 6.07) is 0. The second-order valence-electron chi connectivity index (χ2n) is 3.34. The molecule has 0 aliphatic heterocycles. The fourth-order valence-corrected chi connectivity index (χ4v) is 1.20. The molecule has 0 aromatic rings. The molecular weight excluding hydrogens is 219 g/mol. The van der Waals surface area contributed by atoms with Crippen LogP contribution in [0.2, 0.25) is 0 Å². The molecule has 0 radical (unpaired) electrons. The maximum Gasteiger partial charge on any atom is 0.178 e. The minimum atomic E-state index is -1.61. The molecule has 1 rings (SSSR count). The zero-order valence-corrected chi connectivity index (χ0v) is 8.56. The molecule has 1 aliphatic rings. The molecule has 0 heterocycles. The molecule has 1 aliphatic carbocycles.